The standard InChI is InChI=1S/C14H12ClF3N2O2S/c15-10-11(23-20-12(10)21)13(22)19-7-9(14(16,17)18)6-8-4-2-1-3-5-8/h1-5,9H,6-7H2,(H,19,22)(H,20,21). The van der Waals surface area contributed by atoms with Crippen LogP contribution < -0.4 is 10.9 Å². The molecule has 124 valence electrons. The van der Waals surface area contributed by atoms with Crippen molar-refractivity contribution in [3.05, 3.63) is 56.1 Å². The van der Waals surface area contributed by atoms with E-state index in [0.717, 1.165) is 0 Å². The lowest BCUT2D eigenvalue weighted by Gasteiger charge is -2.20. The smallest absolute Gasteiger partial charge is 0.351 e. The topological polar surface area (TPSA) is 62.0 Å². The maximum Gasteiger partial charge on any atom is 0.393 e. The Morgan fingerprint density at radius 3 is 2.48 bits per heavy atom. The second-order valence-corrected chi connectivity index (χ2v) is 6.01. The Labute approximate surface area is 138 Å². The zero-order valence-electron chi connectivity index (χ0n) is 11.6. The van der Waals surface area contributed by atoms with Gasteiger partial charge in [-0.15, -0.1) is 0 Å². The van der Waals surface area contributed by atoms with Crippen LogP contribution in [0.4, 0.5) is 13.2 Å². The molecule has 0 spiro atoms. The first-order chi connectivity index (χ1) is 10.8. The highest BCUT2D eigenvalue weighted by Crippen LogP contribution is 2.29. The van der Waals surface area contributed by atoms with Crippen LogP contribution in [0.2, 0.25) is 5.02 Å². The molecule has 2 aromatic rings. The Balaban J connectivity index is 2.05. The first-order valence-corrected chi connectivity index (χ1v) is 7.74. The molecular formula is C14H12ClF3N2O2S. The number of benzene rings is 1. The molecule has 0 aliphatic carbocycles. The van der Waals surface area contributed by atoms with Crippen molar-refractivity contribution in [1.29, 1.82) is 0 Å². The Kier molecular flexibility index (Phi) is 5.48. The van der Waals surface area contributed by atoms with Gasteiger partial charge in [-0.1, -0.05) is 53.5 Å². The lowest BCUT2D eigenvalue weighted by atomic mass is 9.98. The van der Waals surface area contributed by atoms with Crippen LogP contribution in [0.15, 0.2) is 35.1 Å². The lowest BCUT2D eigenvalue weighted by molar-refractivity contribution is -0.172. The predicted octanol–water partition coefficient (Wildman–Crippen LogP) is 3.24. The second-order valence-electron chi connectivity index (χ2n) is 4.81. The fourth-order valence-corrected chi connectivity index (χ4v) is 2.88. The summed E-state index contributed by atoms with van der Waals surface area (Å²) < 4.78 is 41.6. The van der Waals surface area contributed by atoms with Crippen LogP contribution in [0.1, 0.15) is 15.2 Å². The van der Waals surface area contributed by atoms with Crippen LogP contribution in [0, 0.1) is 5.92 Å². The minimum absolute atomic E-state index is 0.127. The number of aromatic amines is 1. The van der Waals surface area contributed by atoms with Crippen LogP contribution in [-0.4, -0.2) is 23.0 Å². The van der Waals surface area contributed by atoms with Gasteiger partial charge in [-0.05, 0) is 12.0 Å². The summed E-state index contributed by atoms with van der Waals surface area (Å²) >= 11 is 6.31. The molecule has 1 aromatic carbocycles. The van der Waals surface area contributed by atoms with Gasteiger partial charge in [-0.3, -0.25) is 14.0 Å². The van der Waals surface area contributed by atoms with E-state index in [1.807, 2.05) is 0 Å². The van der Waals surface area contributed by atoms with E-state index >= 15 is 0 Å². The van der Waals surface area contributed by atoms with Crippen molar-refractivity contribution in [1.82, 2.24) is 9.69 Å². The molecule has 0 aliphatic heterocycles. The van der Waals surface area contributed by atoms with Crippen LogP contribution in [0.25, 0.3) is 0 Å². The number of H-pyrrole nitrogens is 1. The van der Waals surface area contributed by atoms with Crippen molar-refractivity contribution in [2.75, 3.05) is 6.54 Å². The molecule has 9 heteroatoms. The first kappa shape index (κ1) is 17.6. The maximum absolute atomic E-state index is 13.1. The van der Waals surface area contributed by atoms with E-state index in [1.165, 1.54) is 0 Å². The largest absolute Gasteiger partial charge is 0.393 e. The number of carbonyl (C=O) groups excluding carboxylic acids is 1. The number of aromatic nitrogens is 1. The van der Waals surface area contributed by atoms with Crippen molar-refractivity contribution in [2.24, 2.45) is 5.92 Å². The summed E-state index contributed by atoms with van der Waals surface area (Å²) in [5, 5.41) is 1.87. The molecule has 23 heavy (non-hydrogen) atoms. The minimum Gasteiger partial charge on any atom is -0.351 e. The fraction of sp³-hybridized carbons (Fsp3) is 0.286. The summed E-state index contributed by atoms with van der Waals surface area (Å²) in [4.78, 5) is 22.9. The van der Waals surface area contributed by atoms with Crippen molar-refractivity contribution in [3.8, 4) is 0 Å². The molecule has 1 heterocycles. The van der Waals surface area contributed by atoms with Crippen LogP contribution in [0.3, 0.4) is 0 Å². The van der Waals surface area contributed by atoms with Gasteiger partial charge in [-0.25, -0.2) is 0 Å². The average molecular weight is 365 g/mol. The van der Waals surface area contributed by atoms with Crippen molar-refractivity contribution in [3.63, 3.8) is 0 Å². The molecule has 0 saturated heterocycles. The quantitative estimate of drug-likeness (QED) is 0.855. The Morgan fingerprint density at radius 2 is 1.96 bits per heavy atom. The molecule has 1 aromatic heterocycles. The molecule has 0 aliphatic rings. The third-order valence-corrected chi connectivity index (χ3v) is 4.50. The van der Waals surface area contributed by atoms with Gasteiger partial charge in [0.2, 0.25) is 0 Å². The molecule has 0 fully saturated rings. The van der Waals surface area contributed by atoms with Gasteiger partial charge in [-0.2, -0.15) is 13.2 Å². The molecule has 2 rings (SSSR count). The van der Waals surface area contributed by atoms with Gasteiger partial charge in [0.05, 0.1) is 5.92 Å². The number of hydrogen-bond donors (Lipinski definition) is 2. The van der Waals surface area contributed by atoms with E-state index in [9.17, 15) is 22.8 Å². The van der Waals surface area contributed by atoms with Crippen molar-refractivity contribution in [2.45, 2.75) is 12.6 Å². The van der Waals surface area contributed by atoms with E-state index in [0.29, 0.717) is 17.1 Å². The van der Waals surface area contributed by atoms with Gasteiger partial charge in [0.1, 0.15) is 9.90 Å². The summed E-state index contributed by atoms with van der Waals surface area (Å²) in [5.74, 6) is -2.54. The van der Waals surface area contributed by atoms with Gasteiger partial charge < -0.3 is 5.32 Å². The van der Waals surface area contributed by atoms with Gasteiger partial charge in [0, 0.05) is 6.54 Å². The lowest BCUT2D eigenvalue weighted by Crippen LogP contribution is -2.37. The number of amides is 1. The molecule has 0 bridgehead atoms. The molecule has 1 amide bonds. The van der Waals surface area contributed by atoms with Crippen molar-refractivity contribution < 1.29 is 18.0 Å². The molecule has 0 radical (unpaired) electrons. The van der Waals surface area contributed by atoms with Crippen molar-refractivity contribution >= 4 is 29.0 Å². The summed E-state index contributed by atoms with van der Waals surface area (Å²) in [6.07, 6.45) is -4.71. The van der Waals surface area contributed by atoms with E-state index < -0.39 is 30.1 Å². The van der Waals surface area contributed by atoms with E-state index in [4.69, 9.17) is 11.6 Å². The fourth-order valence-electron chi connectivity index (χ4n) is 1.93. The monoisotopic (exact) mass is 364 g/mol. The number of halogens is 4. The third kappa shape index (κ3) is 4.59. The molecule has 4 nitrogen and oxygen atoms in total. The summed E-state index contributed by atoms with van der Waals surface area (Å²) in [6.45, 7) is -0.598. The van der Waals surface area contributed by atoms with E-state index in [-0.39, 0.29) is 16.3 Å². The minimum atomic E-state index is -4.46. The molecular weight excluding hydrogens is 353 g/mol. The molecule has 2 N–H and O–H groups in total. The molecule has 0 saturated carbocycles. The highest BCUT2D eigenvalue weighted by molar-refractivity contribution is 7.08. The number of nitrogens with one attached hydrogen (secondary N) is 2. The zero-order chi connectivity index (χ0) is 17.0. The van der Waals surface area contributed by atoms with Crippen LogP contribution in [0.5, 0.6) is 0 Å². The van der Waals surface area contributed by atoms with Gasteiger partial charge >= 0.3 is 6.18 Å². The zero-order valence-corrected chi connectivity index (χ0v) is 13.2. The average Bonchev–Trinajstić information content (AvgIpc) is 2.83. The number of hydrogen-bond acceptors (Lipinski definition) is 3. The van der Waals surface area contributed by atoms with Crippen LogP contribution >= 0.6 is 23.1 Å². The first-order valence-electron chi connectivity index (χ1n) is 6.55. The molecule has 1 unspecified atom stereocenters. The van der Waals surface area contributed by atoms with E-state index in [1.54, 1.807) is 30.3 Å². The van der Waals surface area contributed by atoms with Gasteiger partial charge in [0.25, 0.3) is 11.5 Å². The summed E-state index contributed by atoms with van der Waals surface area (Å²) in [7, 11) is 0. The van der Waals surface area contributed by atoms with Gasteiger partial charge in [0.15, 0.2) is 0 Å². The maximum atomic E-state index is 13.1. The highest BCUT2D eigenvalue weighted by Gasteiger charge is 2.39. The molecule has 1 atom stereocenters. The SMILES string of the molecule is O=C(NCC(Cc1ccccc1)C(F)(F)F)c1s[nH]c(=O)c1Cl. The summed E-state index contributed by atoms with van der Waals surface area (Å²) in [5.41, 5.74) is -0.119. The number of rotatable bonds is 5. The second kappa shape index (κ2) is 7.18. The summed E-state index contributed by atoms with van der Waals surface area (Å²) in [6, 6.07) is 8.20. The Morgan fingerprint density at radius 1 is 1.30 bits per heavy atom. The third-order valence-electron chi connectivity index (χ3n) is 3.15. The predicted molar refractivity (Wildman–Crippen MR) is 82.0 cm³/mol. The number of alkyl halides is 3. The highest BCUT2D eigenvalue weighted by atomic mass is 35.5. The Bertz CT molecular complexity index is 728. The number of carbonyl (C=O) groups is 1. The Hall–Kier alpha value is -1.80. The van der Waals surface area contributed by atoms with E-state index in [2.05, 4.69) is 9.69 Å². The van der Waals surface area contributed by atoms with Crippen LogP contribution in [-0.2, 0) is 6.42 Å². The normalized spacial score (nSPS) is 12.9.